The fourth-order valence-electron chi connectivity index (χ4n) is 2.18. The van der Waals surface area contributed by atoms with Crippen molar-refractivity contribution in [2.75, 3.05) is 13.2 Å². The van der Waals surface area contributed by atoms with Gasteiger partial charge in [-0.2, -0.15) is 5.10 Å². The van der Waals surface area contributed by atoms with Crippen LogP contribution in [0.25, 0.3) is 5.65 Å². The first-order valence-electron chi connectivity index (χ1n) is 6.98. The molecule has 1 amide bonds. The van der Waals surface area contributed by atoms with Crippen molar-refractivity contribution < 1.29 is 9.90 Å². The third-order valence-electron chi connectivity index (χ3n) is 3.35. The van der Waals surface area contributed by atoms with Gasteiger partial charge in [0, 0.05) is 42.4 Å². The summed E-state index contributed by atoms with van der Waals surface area (Å²) < 4.78 is 1.56. The predicted molar refractivity (Wildman–Crippen MR) is 83.9 cm³/mol. The Kier molecular flexibility index (Phi) is 4.45. The van der Waals surface area contributed by atoms with Crippen LogP contribution in [0, 0.1) is 5.92 Å². The number of rotatable bonds is 6. The van der Waals surface area contributed by atoms with Gasteiger partial charge in [0.25, 0.3) is 5.91 Å². The standard InChI is InChI=1S/C15H16N4O2S/c20-10-11(7-12-3-1-6-22-12)9-17-15(21)13-8-14-16-4-2-5-19(14)18-13/h1-6,8,11,20H,7,9-10H2,(H,17,21)/t11-/m1/s1. The molecule has 0 radical (unpaired) electrons. The minimum absolute atomic E-state index is 0.00208. The molecular formula is C15H16N4O2S. The molecule has 3 rings (SSSR count). The molecule has 0 aliphatic heterocycles. The summed E-state index contributed by atoms with van der Waals surface area (Å²) in [6, 6.07) is 7.41. The number of hydrogen-bond acceptors (Lipinski definition) is 5. The molecule has 7 heteroatoms. The summed E-state index contributed by atoms with van der Waals surface area (Å²) in [5, 5.41) is 18.5. The number of fused-ring (bicyclic) bond motifs is 1. The van der Waals surface area contributed by atoms with Crippen molar-refractivity contribution in [3.05, 3.63) is 52.6 Å². The van der Waals surface area contributed by atoms with Crippen molar-refractivity contribution in [1.29, 1.82) is 0 Å². The van der Waals surface area contributed by atoms with E-state index in [-0.39, 0.29) is 18.4 Å². The number of thiophene rings is 1. The second-order valence-corrected chi connectivity index (χ2v) is 6.03. The van der Waals surface area contributed by atoms with Crippen LogP contribution in [0.4, 0.5) is 0 Å². The number of aromatic nitrogens is 3. The van der Waals surface area contributed by atoms with Crippen molar-refractivity contribution in [3.8, 4) is 0 Å². The van der Waals surface area contributed by atoms with E-state index in [1.807, 2.05) is 17.5 Å². The van der Waals surface area contributed by atoms with Crippen LogP contribution in [0.1, 0.15) is 15.4 Å². The van der Waals surface area contributed by atoms with E-state index in [0.717, 1.165) is 6.42 Å². The maximum absolute atomic E-state index is 12.1. The molecule has 22 heavy (non-hydrogen) atoms. The smallest absolute Gasteiger partial charge is 0.271 e. The maximum atomic E-state index is 12.1. The molecule has 0 saturated heterocycles. The Morgan fingerprint density at radius 1 is 1.45 bits per heavy atom. The lowest BCUT2D eigenvalue weighted by molar-refractivity contribution is 0.0935. The molecule has 0 saturated carbocycles. The van der Waals surface area contributed by atoms with Gasteiger partial charge in [-0.3, -0.25) is 4.79 Å². The highest BCUT2D eigenvalue weighted by Crippen LogP contribution is 2.14. The van der Waals surface area contributed by atoms with E-state index in [2.05, 4.69) is 15.4 Å². The van der Waals surface area contributed by atoms with Gasteiger partial charge in [-0.05, 0) is 23.9 Å². The molecule has 0 bridgehead atoms. The second-order valence-electron chi connectivity index (χ2n) is 4.99. The van der Waals surface area contributed by atoms with Gasteiger partial charge in [0.05, 0.1) is 0 Å². The Hall–Kier alpha value is -2.25. The third kappa shape index (κ3) is 3.32. The van der Waals surface area contributed by atoms with E-state index in [1.165, 1.54) is 4.88 Å². The number of amides is 1. The van der Waals surface area contributed by atoms with Crippen LogP contribution in [-0.4, -0.2) is 38.8 Å². The Morgan fingerprint density at radius 2 is 2.36 bits per heavy atom. The Balaban J connectivity index is 1.61. The first kappa shape index (κ1) is 14.7. The summed E-state index contributed by atoms with van der Waals surface area (Å²) >= 11 is 1.65. The van der Waals surface area contributed by atoms with E-state index in [9.17, 15) is 9.90 Å². The van der Waals surface area contributed by atoms with Crippen LogP contribution >= 0.6 is 11.3 Å². The highest BCUT2D eigenvalue weighted by atomic mass is 32.1. The minimum atomic E-state index is -0.255. The normalized spacial score (nSPS) is 12.4. The average molecular weight is 316 g/mol. The average Bonchev–Trinajstić information content (AvgIpc) is 3.19. The second kappa shape index (κ2) is 6.67. The lowest BCUT2D eigenvalue weighted by Crippen LogP contribution is -2.32. The van der Waals surface area contributed by atoms with Gasteiger partial charge in [-0.25, -0.2) is 9.50 Å². The Bertz CT molecular complexity index is 721. The lowest BCUT2D eigenvalue weighted by Gasteiger charge is -2.13. The van der Waals surface area contributed by atoms with Crippen LogP contribution in [0.5, 0.6) is 0 Å². The maximum Gasteiger partial charge on any atom is 0.271 e. The lowest BCUT2D eigenvalue weighted by atomic mass is 10.1. The number of carbonyl (C=O) groups excluding carboxylic acids is 1. The van der Waals surface area contributed by atoms with Gasteiger partial charge in [-0.1, -0.05) is 6.07 Å². The molecule has 0 unspecified atom stereocenters. The van der Waals surface area contributed by atoms with E-state index in [0.29, 0.717) is 17.9 Å². The van der Waals surface area contributed by atoms with Crippen molar-refractivity contribution in [3.63, 3.8) is 0 Å². The number of aliphatic hydroxyl groups excluding tert-OH is 1. The zero-order chi connectivity index (χ0) is 15.4. The topological polar surface area (TPSA) is 79.5 Å². The quantitative estimate of drug-likeness (QED) is 0.720. The van der Waals surface area contributed by atoms with E-state index < -0.39 is 0 Å². The molecule has 1 atom stereocenters. The van der Waals surface area contributed by atoms with Gasteiger partial charge in [0.15, 0.2) is 11.3 Å². The van der Waals surface area contributed by atoms with E-state index >= 15 is 0 Å². The van der Waals surface area contributed by atoms with Gasteiger partial charge in [-0.15, -0.1) is 11.3 Å². The molecule has 3 aromatic heterocycles. The van der Waals surface area contributed by atoms with Gasteiger partial charge in [0.2, 0.25) is 0 Å². The first-order chi connectivity index (χ1) is 10.8. The monoisotopic (exact) mass is 316 g/mol. The summed E-state index contributed by atoms with van der Waals surface area (Å²) in [6.07, 6.45) is 4.15. The van der Waals surface area contributed by atoms with Crippen molar-refractivity contribution >= 4 is 22.9 Å². The molecule has 3 heterocycles. The number of nitrogens with one attached hydrogen (secondary N) is 1. The van der Waals surface area contributed by atoms with Crippen molar-refractivity contribution in [2.24, 2.45) is 5.92 Å². The van der Waals surface area contributed by atoms with Crippen LogP contribution in [0.3, 0.4) is 0 Å². The Labute approximate surface area is 131 Å². The molecule has 0 spiro atoms. The Morgan fingerprint density at radius 3 is 3.09 bits per heavy atom. The largest absolute Gasteiger partial charge is 0.396 e. The SMILES string of the molecule is O=C(NC[C@H](CO)Cc1cccs1)c1cc2ncccn2n1. The molecule has 6 nitrogen and oxygen atoms in total. The molecule has 0 aromatic carbocycles. The molecule has 0 aliphatic rings. The predicted octanol–water partition coefficient (Wildman–Crippen LogP) is 1.37. The van der Waals surface area contributed by atoms with Crippen LogP contribution in [0.2, 0.25) is 0 Å². The highest BCUT2D eigenvalue weighted by molar-refractivity contribution is 7.09. The zero-order valence-corrected chi connectivity index (χ0v) is 12.7. The highest BCUT2D eigenvalue weighted by Gasteiger charge is 2.14. The minimum Gasteiger partial charge on any atom is -0.396 e. The van der Waals surface area contributed by atoms with Crippen LogP contribution in [-0.2, 0) is 6.42 Å². The first-order valence-corrected chi connectivity index (χ1v) is 7.86. The summed E-state index contributed by atoms with van der Waals surface area (Å²) in [5.41, 5.74) is 0.955. The zero-order valence-electron chi connectivity index (χ0n) is 11.8. The molecule has 0 fully saturated rings. The fourth-order valence-corrected chi connectivity index (χ4v) is 3.00. The summed E-state index contributed by atoms with van der Waals surface area (Å²) in [4.78, 5) is 17.5. The molecule has 3 aromatic rings. The summed E-state index contributed by atoms with van der Waals surface area (Å²) in [6.45, 7) is 0.444. The summed E-state index contributed by atoms with van der Waals surface area (Å²) in [5.74, 6) is -0.257. The number of hydrogen-bond donors (Lipinski definition) is 2. The number of nitrogens with zero attached hydrogens (tertiary/aromatic N) is 3. The molecular weight excluding hydrogens is 300 g/mol. The summed E-state index contributed by atoms with van der Waals surface area (Å²) in [7, 11) is 0. The van der Waals surface area contributed by atoms with Crippen molar-refractivity contribution in [1.82, 2.24) is 19.9 Å². The van der Waals surface area contributed by atoms with Crippen molar-refractivity contribution in [2.45, 2.75) is 6.42 Å². The van der Waals surface area contributed by atoms with Crippen LogP contribution in [0.15, 0.2) is 42.0 Å². The van der Waals surface area contributed by atoms with Gasteiger partial charge in [0.1, 0.15) is 0 Å². The number of carbonyl (C=O) groups is 1. The molecule has 0 aliphatic carbocycles. The van der Waals surface area contributed by atoms with Gasteiger partial charge < -0.3 is 10.4 Å². The third-order valence-corrected chi connectivity index (χ3v) is 4.25. The molecule has 2 N–H and O–H groups in total. The van der Waals surface area contributed by atoms with Gasteiger partial charge >= 0.3 is 0 Å². The van der Waals surface area contributed by atoms with Crippen LogP contribution < -0.4 is 5.32 Å². The van der Waals surface area contributed by atoms with E-state index in [4.69, 9.17) is 0 Å². The fraction of sp³-hybridized carbons (Fsp3) is 0.267. The van der Waals surface area contributed by atoms with E-state index in [1.54, 1.807) is 40.4 Å². The number of aliphatic hydroxyl groups is 1. The molecule has 114 valence electrons.